The number of benzene rings is 1. The van der Waals surface area contributed by atoms with E-state index < -0.39 is 0 Å². The highest BCUT2D eigenvalue weighted by Gasteiger charge is 2.17. The molecule has 0 aliphatic carbocycles. The van der Waals surface area contributed by atoms with E-state index in [1.165, 1.54) is 13.5 Å². The van der Waals surface area contributed by atoms with Crippen molar-refractivity contribution in [1.29, 1.82) is 0 Å². The number of nitrogen functional groups attached to an aromatic ring is 1. The summed E-state index contributed by atoms with van der Waals surface area (Å²) in [6.45, 7) is 1.93. The molecular formula is C13H19N3O2. The van der Waals surface area contributed by atoms with Gasteiger partial charge in [-0.15, -0.1) is 0 Å². The van der Waals surface area contributed by atoms with E-state index in [-0.39, 0.29) is 5.97 Å². The molecule has 0 bridgehead atoms. The maximum absolute atomic E-state index is 11.7. The van der Waals surface area contributed by atoms with Gasteiger partial charge in [0.2, 0.25) is 0 Å². The molecule has 5 heteroatoms. The maximum atomic E-state index is 11.7. The average Bonchev–Trinajstić information content (AvgIpc) is 2.41. The predicted molar refractivity (Wildman–Crippen MR) is 71.2 cm³/mol. The minimum Gasteiger partial charge on any atom is -0.465 e. The lowest BCUT2D eigenvalue weighted by Gasteiger charge is -2.29. The molecule has 0 radical (unpaired) electrons. The van der Waals surface area contributed by atoms with Crippen LogP contribution >= 0.6 is 0 Å². The lowest BCUT2D eigenvalue weighted by atomic mass is 10.1. The van der Waals surface area contributed by atoms with Gasteiger partial charge in [-0.1, -0.05) is 12.5 Å². The Hall–Kier alpha value is -1.75. The monoisotopic (exact) mass is 249 g/mol. The second kappa shape index (κ2) is 5.73. The number of methoxy groups -OCH3 is 1. The van der Waals surface area contributed by atoms with Gasteiger partial charge in [0, 0.05) is 13.1 Å². The topological polar surface area (TPSA) is 67.6 Å². The van der Waals surface area contributed by atoms with Crippen LogP contribution in [-0.4, -0.2) is 31.2 Å². The second-order valence-corrected chi connectivity index (χ2v) is 4.42. The Morgan fingerprint density at radius 2 is 2.06 bits per heavy atom. The third-order valence-corrected chi connectivity index (χ3v) is 3.13. The van der Waals surface area contributed by atoms with Gasteiger partial charge in [0.25, 0.3) is 0 Å². The highest BCUT2D eigenvalue weighted by Crippen LogP contribution is 2.25. The van der Waals surface area contributed by atoms with Crippen molar-refractivity contribution in [3.63, 3.8) is 0 Å². The third-order valence-electron chi connectivity index (χ3n) is 3.13. The van der Waals surface area contributed by atoms with Gasteiger partial charge in [-0.25, -0.2) is 9.80 Å². The smallest absolute Gasteiger partial charge is 0.340 e. The van der Waals surface area contributed by atoms with Crippen LogP contribution in [0, 0.1) is 0 Å². The lowest BCUT2D eigenvalue weighted by Crippen LogP contribution is -2.35. The summed E-state index contributed by atoms with van der Waals surface area (Å²) < 4.78 is 4.77. The Labute approximate surface area is 107 Å². The molecule has 1 aliphatic heterocycles. The Kier molecular flexibility index (Phi) is 4.04. The predicted octanol–water partition coefficient (Wildman–Crippen LogP) is 1.87. The fourth-order valence-electron chi connectivity index (χ4n) is 2.14. The van der Waals surface area contributed by atoms with Crippen LogP contribution in [-0.2, 0) is 4.74 Å². The molecule has 1 aliphatic rings. The molecule has 0 unspecified atom stereocenters. The number of rotatable bonds is 3. The van der Waals surface area contributed by atoms with Crippen molar-refractivity contribution in [1.82, 2.24) is 5.01 Å². The van der Waals surface area contributed by atoms with Gasteiger partial charge in [0.1, 0.15) is 0 Å². The van der Waals surface area contributed by atoms with Gasteiger partial charge in [0.15, 0.2) is 0 Å². The van der Waals surface area contributed by atoms with Gasteiger partial charge in [0.05, 0.1) is 24.0 Å². The molecule has 2 rings (SSSR count). The third kappa shape index (κ3) is 2.73. The standard InChI is InChI=1S/C13H19N3O2/c1-18-13(17)10-6-5-7-11(14)12(10)15-16-8-3-2-4-9-16/h5-7,15H,2-4,8-9,14H2,1H3. The number of nitrogens with one attached hydrogen (secondary N) is 1. The molecule has 0 aromatic heterocycles. The van der Waals surface area contributed by atoms with Crippen molar-refractivity contribution < 1.29 is 9.53 Å². The summed E-state index contributed by atoms with van der Waals surface area (Å²) in [5.74, 6) is -0.373. The number of nitrogens with two attached hydrogens (primary N) is 1. The van der Waals surface area contributed by atoms with Crippen molar-refractivity contribution in [2.75, 3.05) is 31.4 Å². The van der Waals surface area contributed by atoms with Crippen molar-refractivity contribution >= 4 is 17.3 Å². The SMILES string of the molecule is COC(=O)c1cccc(N)c1NN1CCCCC1. The number of anilines is 2. The van der Waals surface area contributed by atoms with Crippen LogP contribution in [0.2, 0.25) is 0 Å². The van der Waals surface area contributed by atoms with Crippen molar-refractivity contribution in [2.45, 2.75) is 19.3 Å². The molecule has 0 amide bonds. The number of hydrazine groups is 1. The Morgan fingerprint density at radius 3 is 2.72 bits per heavy atom. The summed E-state index contributed by atoms with van der Waals surface area (Å²) in [5.41, 5.74) is 10.9. The summed E-state index contributed by atoms with van der Waals surface area (Å²) in [4.78, 5) is 11.7. The first-order valence-corrected chi connectivity index (χ1v) is 6.21. The number of ether oxygens (including phenoxy) is 1. The van der Waals surface area contributed by atoms with Crippen molar-refractivity contribution in [3.05, 3.63) is 23.8 Å². The van der Waals surface area contributed by atoms with E-state index in [1.54, 1.807) is 18.2 Å². The summed E-state index contributed by atoms with van der Waals surface area (Å²) in [6, 6.07) is 5.25. The van der Waals surface area contributed by atoms with Gasteiger partial charge >= 0.3 is 5.97 Å². The van der Waals surface area contributed by atoms with E-state index in [1.807, 2.05) is 0 Å². The average molecular weight is 249 g/mol. The minimum absolute atomic E-state index is 0.373. The quantitative estimate of drug-likeness (QED) is 0.632. The molecule has 5 nitrogen and oxygen atoms in total. The van der Waals surface area contributed by atoms with Crippen LogP contribution in [0.5, 0.6) is 0 Å². The van der Waals surface area contributed by atoms with E-state index in [0.717, 1.165) is 25.9 Å². The normalized spacial score (nSPS) is 16.3. The molecule has 18 heavy (non-hydrogen) atoms. The van der Waals surface area contributed by atoms with Crippen LogP contribution < -0.4 is 11.2 Å². The Balaban J connectivity index is 2.21. The number of hydrogen-bond donors (Lipinski definition) is 2. The van der Waals surface area contributed by atoms with Crippen LogP contribution in [0.3, 0.4) is 0 Å². The van der Waals surface area contributed by atoms with Crippen LogP contribution in [0.25, 0.3) is 0 Å². The number of piperidine rings is 1. The zero-order chi connectivity index (χ0) is 13.0. The zero-order valence-corrected chi connectivity index (χ0v) is 10.6. The molecule has 0 spiro atoms. The Morgan fingerprint density at radius 1 is 1.33 bits per heavy atom. The molecule has 1 saturated heterocycles. The first kappa shape index (κ1) is 12.7. The van der Waals surface area contributed by atoms with Crippen LogP contribution in [0.4, 0.5) is 11.4 Å². The van der Waals surface area contributed by atoms with Crippen LogP contribution in [0.15, 0.2) is 18.2 Å². The van der Waals surface area contributed by atoms with E-state index in [0.29, 0.717) is 16.9 Å². The van der Waals surface area contributed by atoms with Crippen molar-refractivity contribution in [3.8, 4) is 0 Å². The summed E-state index contributed by atoms with van der Waals surface area (Å²) in [5, 5.41) is 2.10. The van der Waals surface area contributed by atoms with E-state index >= 15 is 0 Å². The van der Waals surface area contributed by atoms with Gasteiger partial charge in [-0.2, -0.15) is 0 Å². The highest BCUT2D eigenvalue weighted by atomic mass is 16.5. The fraction of sp³-hybridized carbons (Fsp3) is 0.462. The minimum atomic E-state index is -0.373. The number of hydrogen-bond acceptors (Lipinski definition) is 5. The summed E-state index contributed by atoms with van der Waals surface area (Å²) in [7, 11) is 1.37. The second-order valence-electron chi connectivity index (χ2n) is 4.42. The molecule has 1 aromatic rings. The first-order chi connectivity index (χ1) is 8.72. The van der Waals surface area contributed by atoms with Gasteiger partial charge in [-0.05, 0) is 25.0 Å². The maximum Gasteiger partial charge on any atom is 0.340 e. The largest absolute Gasteiger partial charge is 0.465 e. The van der Waals surface area contributed by atoms with E-state index in [2.05, 4.69) is 10.4 Å². The molecule has 1 aromatic carbocycles. The first-order valence-electron chi connectivity index (χ1n) is 6.21. The number of carbonyl (C=O) groups excluding carboxylic acids is 1. The molecule has 0 saturated carbocycles. The number of esters is 1. The van der Waals surface area contributed by atoms with Crippen molar-refractivity contribution in [2.24, 2.45) is 0 Å². The number of para-hydroxylation sites is 1. The zero-order valence-electron chi connectivity index (χ0n) is 10.6. The Bertz CT molecular complexity index is 428. The summed E-state index contributed by atoms with van der Waals surface area (Å²) >= 11 is 0. The molecular weight excluding hydrogens is 230 g/mol. The fourth-order valence-corrected chi connectivity index (χ4v) is 2.14. The van der Waals surface area contributed by atoms with E-state index in [4.69, 9.17) is 10.5 Å². The number of carbonyl (C=O) groups is 1. The molecule has 1 heterocycles. The number of nitrogens with zero attached hydrogens (tertiary/aromatic N) is 1. The van der Waals surface area contributed by atoms with E-state index in [9.17, 15) is 4.79 Å². The lowest BCUT2D eigenvalue weighted by molar-refractivity contribution is 0.0601. The summed E-state index contributed by atoms with van der Waals surface area (Å²) in [6.07, 6.45) is 3.58. The molecule has 1 fully saturated rings. The molecule has 98 valence electrons. The van der Waals surface area contributed by atoms with Gasteiger partial charge in [-0.3, -0.25) is 0 Å². The molecule has 0 atom stereocenters. The van der Waals surface area contributed by atoms with Gasteiger partial charge < -0.3 is 15.9 Å². The highest BCUT2D eigenvalue weighted by molar-refractivity contribution is 5.98. The van der Waals surface area contributed by atoms with Crippen LogP contribution in [0.1, 0.15) is 29.6 Å². The molecule has 3 N–H and O–H groups in total.